The van der Waals surface area contributed by atoms with Crippen molar-refractivity contribution in [3.8, 4) is 0 Å². The number of aliphatic carboxylic acids is 1. The second kappa shape index (κ2) is 10.3. The molecule has 0 aliphatic carbocycles. The molecule has 0 fully saturated rings. The molecule has 1 aromatic carbocycles. The van der Waals surface area contributed by atoms with Gasteiger partial charge in [0.2, 0.25) is 5.91 Å². The summed E-state index contributed by atoms with van der Waals surface area (Å²) < 4.78 is 0. The largest absolute Gasteiger partial charge is 0.481 e. The summed E-state index contributed by atoms with van der Waals surface area (Å²) in [6.45, 7) is 1.91. The molecule has 0 aromatic heterocycles. The van der Waals surface area contributed by atoms with E-state index < -0.39 is 5.97 Å². The number of thioether (sulfide) groups is 1. The molecule has 0 aliphatic heterocycles. The first-order valence-corrected chi connectivity index (χ1v) is 8.36. The molecule has 0 heterocycles. The number of rotatable bonds is 10. The Balaban J connectivity index is 2.06. The number of hydrogen-bond donors (Lipinski definition) is 2. The molecule has 0 saturated carbocycles. The van der Waals surface area contributed by atoms with E-state index in [0.717, 1.165) is 12.2 Å². The molecule has 0 saturated heterocycles. The van der Waals surface area contributed by atoms with Gasteiger partial charge in [-0.2, -0.15) is 11.8 Å². The molecule has 1 amide bonds. The van der Waals surface area contributed by atoms with Gasteiger partial charge in [0.1, 0.15) is 0 Å². The highest BCUT2D eigenvalue weighted by atomic mass is 32.2. The summed E-state index contributed by atoms with van der Waals surface area (Å²) in [5, 5.41) is 11.5. The van der Waals surface area contributed by atoms with Crippen molar-refractivity contribution in [2.24, 2.45) is 0 Å². The average Bonchev–Trinajstić information content (AvgIpc) is 2.44. The monoisotopic (exact) mass is 309 g/mol. The fourth-order valence-electron chi connectivity index (χ4n) is 1.95. The van der Waals surface area contributed by atoms with Crippen LogP contribution in [0.1, 0.15) is 31.7 Å². The Kier molecular flexibility index (Phi) is 8.59. The fraction of sp³-hybridized carbons (Fsp3) is 0.500. The lowest BCUT2D eigenvalue weighted by atomic mass is 10.1. The zero-order valence-corrected chi connectivity index (χ0v) is 13.2. The molecule has 1 unspecified atom stereocenters. The quantitative estimate of drug-likeness (QED) is 0.652. The molecule has 0 bridgehead atoms. The third kappa shape index (κ3) is 9.13. The van der Waals surface area contributed by atoms with Crippen LogP contribution in [-0.4, -0.2) is 34.5 Å². The predicted molar refractivity (Wildman–Crippen MR) is 86.6 cm³/mol. The molecule has 0 aliphatic rings. The number of carbonyl (C=O) groups is 2. The summed E-state index contributed by atoms with van der Waals surface area (Å²) in [6.07, 6.45) is 2.42. The van der Waals surface area contributed by atoms with Gasteiger partial charge >= 0.3 is 5.97 Å². The van der Waals surface area contributed by atoms with Crippen molar-refractivity contribution in [1.29, 1.82) is 0 Å². The van der Waals surface area contributed by atoms with Gasteiger partial charge in [-0.05, 0) is 37.5 Å². The van der Waals surface area contributed by atoms with Crippen molar-refractivity contribution in [3.05, 3.63) is 35.9 Å². The van der Waals surface area contributed by atoms with Crippen molar-refractivity contribution < 1.29 is 14.7 Å². The van der Waals surface area contributed by atoms with E-state index in [1.807, 2.05) is 25.1 Å². The lowest BCUT2D eigenvalue weighted by molar-refractivity contribution is -0.137. The Morgan fingerprint density at radius 2 is 2.00 bits per heavy atom. The normalized spacial score (nSPS) is 11.9. The summed E-state index contributed by atoms with van der Waals surface area (Å²) in [5.41, 5.74) is 1.28. The Morgan fingerprint density at radius 3 is 2.67 bits per heavy atom. The van der Waals surface area contributed by atoms with Crippen molar-refractivity contribution in [2.45, 2.75) is 38.6 Å². The third-order valence-electron chi connectivity index (χ3n) is 3.05. The second-order valence-electron chi connectivity index (χ2n) is 5.04. The highest BCUT2D eigenvalue weighted by Crippen LogP contribution is 2.07. The van der Waals surface area contributed by atoms with Crippen LogP contribution in [0.5, 0.6) is 0 Å². The maximum atomic E-state index is 11.7. The van der Waals surface area contributed by atoms with Gasteiger partial charge in [-0.1, -0.05) is 30.3 Å². The first-order chi connectivity index (χ1) is 10.1. The Hall–Kier alpha value is -1.49. The predicted octanol–water partition coefficient (Wildman–Crippen LogP) is 2.72. The van der Waals surface area contributed by atoms with Gasteiger partial charge < -0.3 is 10.4 Å². The molecule has 1 atom stereocenters. The van der Waals surface area contributed by atoms with E-state index in [0.29, 0.717) is 18.6 Å². The minimum Gasteiger partial charge on any atom is -0.481 e. The van der Waals surface area contributed by atoms with E-state index in [4.69, 9.17) is 5.11 Å². The van der Waals surface area contributed by atoms with Gasteiger partial charge in [-0.25, -0.2) is 0 Å². The van der Waals surface area contributed by atoms with Gasteiger partial charge in [0.05, 0.1) is 5.75 Å². The van der Waals surface area contributed by atoms with Crippen LogP contribution in [0.2, 0.25) is 0 Å². The van der Waals surface area contributed by atoms with Crippen LogP contribution < -0.4 is 5.32 Å². The standard InChI is InChI=1S/C16H23NO3S/c1-13(6-5-9-16(19)20)17-15(18)12-21-11-10-14-7-3-2-4-8-14/h2-4,7-8,13H,5-6,9-12H2,1H3,(H,17,18)(H,19,20). The molecule has 21 heavy (non-hydrogen) atoms. The van der Waals surface area contributed by atoms with Crippen LogP contribution in [0, 0.1) is 0 Å². The highest BCUT2D eigenvalue weighted by Gasteiger charge is 2.08. The summed E-state index contributed by atoms with van der Waals surface area (Å²) >= 11 is 1.62. The summed E-state index contributed by atoms with van der Waals surface area (Å²) in [7, 11) is 0. The van der Waals surface area contributed by atoms with E-state index in [1.165, 1.54) is 5.56 Å². The molecule has 4 nitrogen and oxygen atoms in total. The van der Waals surface area contributed by atoms with E-state index in [-0.39, 0.29) is 18.4 Å². The Bertz CT molecular complexity index is 436. The van der Waals surface area contributed by atoms with Crippen molar-refractivity contribution in [3.63, 3.8) is 0 Å². The SMILES string of the molecule is CC(CCCC(=O)O)NC(=O)CSCCc1ccccc1. The lowest BCUT2D eigenvalue weighted by Gasteiger charge is -2.13. The molecule has 116 valence electrons. The van der Waals surface area contributed by atoms with E-state index in [1.54, 1.807) is 11.8 Å². The number of amides is 1. The average molecular weight is 309 g/mol. The first-order valence-electron chi connectivity index (χ1n) is 7.20. The molecule has 5 heteroatoms. The van der Waals surface area contributed by atoms with Crippen LogP contribution in [0.4, 0.5) is 0 Å². The summed E-state index contributed by atoms with van der Waals surface area (Å²) in [4.78, 5) is 22.1. The maximum Gasteiger partial charge on any atom is 0.303 e. The number of hydrogen-bond acceptors (Lipinski definition) is 3. The van der Waals surface area contributed by atoms with E-state index >= 15 is 0 Å². The molecule has 1 rings (SSSR count). The minimum absolute atomic E-state index is 0.0240. The third-order valence-corrected chi connectivity index (χ3v) is 4.01. The van der Waals surface area contributed by atoms with Crippen LogP contribution >= 0.6 is 11.8 Å². The Labute approximate surface area is 130 Å². The van der Waals surface area contributed by atoms with Gasteiger partial charge in [0.15, 0.2) is 0 Å². The number of nitrogens with one attached hydrogen (secondary N) is 1. The molecule has 1 aromatic rings. The van der Waals surface area contributed by atoms with E-state index in [9.17, 15) is 9.59 Å². The van der Waals surface area contributed by atoms with Gasteiger partial charge in [0, 0.05) is 12.5 Å². The Morgan fingerprint density at radius 1 is 1.29 bits per heavy atom. The molecular formula is C16H23NO3S. The number of carboxylic acid groups (broad SMARTS) is 1. The van der Waals surface area contributed by atoms with E-state index in [2.05, 4.69) is 17.4 Å². The zero-order valence-electron chi connectivity index (χ0n) is 12.4. The molecule has 2 N–H and O–H groups in total. The number of carbonyl (C=O) groups excluding carboxylic acids is 1. The highest BCUT2D eigenvalue weighted by molar-refractivity contribution is 7.99. The van der Waals surface area contributed by atoms with Crippen molar-refractivity contribution in [2.75, 3.05) is 11.5 Å². The fourth-order valence-corrected chi connectivity index (χ4v) is 2.74. The number of aryl methyl sites for hydroxylation is 1. The minimum atomic E-state index is -0.787. The number of carboxylic acids is 1. The molecular weight excluding hydrogens is 286 g/mol. The molecule has 0 spiro atoms. The summed E-state index contributed by atoms with van der Waals surface area (Å²) in [6, 6.07) is 10.2. The topological polar surface area (TPSA) is 66.4 Å². The van der Waals surface area contributed by atoms with Gasteiger partial charge in [-0.3, -0.25) is 9.59 Å². The van der Waals surface area contributed by atoms with Crippen LogP contribution in [0.3, 0.4) is 0 Å². The van der Waals surface area contributed by atoms with Crippen LogP contribution in [0.15, 0.2) is 30.3 Å². The first kappa shape index (κ1) is 17.6. The zero-order chi connectivity index (χ0) is 15.5. The van der Waals surface area contributed by atoms with Crippen molar-refractivity contribution >= 4 is 23.6 Å². The smallest absolute Gasteiger partial charge is 0.303 e. The van der Waals surface area contributed by atoms with Crippen molar-refractivity contribution in [1.82, 2.24) is 5.32 Å². The van der Waals surface area contributed by atoms with Gasteiger partial charge in [0.25, 0.3) is 0 Å². The maximum absolute atomic E-state index is 11.7. The van der Waals surface area contributed by atoms with Gasteiger partial charge in [-0.15, -0.1) is 0 Å². The van der Waals surface area contributed by atoms with Crippen LogP contribution in [-0.2, 0) is 16.0 Å². The number of benzene rings is 1. The molecule has 0 radical (unpaired) electrons. The second-order valence-corrected chi connectivity index (χ2v) is 6.15. The lowest BCUT2D eigenvalue weighted by Crippen LogP contribution is -2.34. The van der Waals surface area contributed by atoms with Crippen LogP contribution in [0.25, 0.3) is 0 Å². The summed E-state index contributed by atoms with van der Waals surface area (Å²) in [5.74, 6) is 0.613.